The van der Waals surface area contributed by atoms with Crippen LogP contribution in [0, 0.1) is 0 Å². The number of carbonyl (C=O) groups excluding carboxylic acids is 2. The number of ether oxygens (including phenoxy) is 1. The SMILES string of the molecule is CNc1ccc2c(C(C)C3(C(C)c4ccnc5cc(NC)ccc45)NC(=O)N(c4ccc(OC(F)(F)F)cc4)C3=O)ccnc2c1. The van der Waals surface area contributed by atoms with Gasteiger partial charge in [0, 0.05) is 60.5 Å². The molecule has 3 heterocycles. The maximum atomic E-state index is 14.8. The summed E-state index contributed by atoms with van der Waals surface area (Å²) in [5, 5.41) is 10.9. The Kier molecular flexibility index (Phi) is 7.67. The Morgan fingerprint density at radius 2 is 1.28 bits per heavy atom. The lowest BCUT2D eigenvalue weighted by Gasteiger charge is -2.39. The molecule has 0 radical (unpaired) electrons. The second-order valence-electron chi connectivity index (χ2n) is 11.2. The maximum absolute atomic E-state index is 14.8. The zero-order valence-electron chi connectivity index (χ0n) is 25.4. The van der Waals surface area contributed by atoms with Gasteiger partial charge in [-0.05, 0) is 71.8 Å². The van der Waals surface area contributed by atoms with Crippen LogP contribution >= 0.6 is 0 Å². The fourth-order valence-electron chi connectivity index (χ4n) is 6.45. The fraction of sp³-hybridized carbons (Fsp3) is 0.235. The van der Waals surface area contributed by atoms with E-state index in [1.54, 1.807) is 12.4 Å². The molecule has 2 unspecified atom stereocenters. The molecular formula is C34H31F3N6O3. The molecule has 1 aliphatic heterocycles. The summed E-state index contributed by atoms with van der Waals surface area (Å²) in [5.74, 6) is -2.20. The molecule has 0 spiro atoms. The smallest absolute Gasteiger partial charge is 0.406 e. The van der Waals surface area contributed by atoms with E-state index >= 15 is 0 Å². The van der Waals surface area contributed by atoms with E-state index in [-0.39, 0.29) is 5.69 Å². The molecule has 0 aliphatic carbocycles. The van der Waals surface area contributed by atoms with Gasteiger partial charge in [-0.25, -0.2) is 9.69 Å². The number of pyridine rings is 2. The number of hydrogen-bond acceptors (Lipinski definition) is 7. The molecule has 3 amide bonds. The average Bonchev–Trinajstić information content (AvgIpc) is 3.32. The number of carbonyl (C=O) groups is 2. The Labute approximate surface area is 262 Å². The molecule has 5 aromatic rings. The van der Waals surface area contributed by atoms with Crippen LogP contribution in [-0.2, 0) is 4.79 Å². The minimum atomic E-state index is -4.88. The summed E-state index contributed by atoms with van der Waals surface area (Å²) in [5.41, 5.74) is 3.32. The van der Waals surface area contributed by atoms with Gasteiger partial charge in [0.05, 0.1) is 16.7 Å². The number of benzene rings is 3. The number of aromatic nitrogens is 2. The van der Waals surface area contributed by atoms with Crippen LogP contribution in [0.3, 0.4) is 0 Å². The van der Waals surface area contributed by atoms with Crippen LogP contribution in [0.2, 0.25) is 0 Å². The Balaban J connectivity index is 1.51. The number of nitrogens with one attached hydrogen (secondary N) is 3. The minimum Gasteiger partial charge on any atom is -0.406 e. The van der Waals surface area contributed by atoms with Crippen molar-refractivity contribution in [2.75, 3.05) is 29.6 Å². The van der Waals surface area contributed by atoms with Gasteiger partial charge >= 0.3 is 12.4 Å². The number of alkyl halides is 3. The van der Waals surface area contributed by atoms with Gasteiger partial charge in [0.15, 0.2) is 0 Å². The highest BCUT2D eigenvalue weighted by atomic mass is 19.4. The maximum Gasteiger partial charge on any atom is 0.573 e. The van der Waals surface area contributed by atoms with Gasteiger partial charge < -0.3 is 20.7 Å². The highest BCUT2D eigenvalue weighted by Gasteiger charge is 2.59. The van der Waals surface area contributed by atoms with Crippen LogP contribution in [0.15, 0.2) is 85.2 Å². The van der Waals surface area contributed by atoms with E-state index in [1.807, 2.05) is 76.5 Å². The van der Waals surface area contributed by atoms with Gasteiger partial charge in [-0.2, -0.15) is 0 Å². The third-order valence-electron chi connectivity index (χ3n) is 8.83. The third kappa shape index (κ3) is 5.19. The number of amides is 3. The number of urea groups is 1. The van der Waals surface area contributed by atoms with Crippen molar-refractivity contribution in [1.29, 1.82) is 0 Å². The molecule has 236 valence electrons. The second kappa shape index (κ2) is 11.5. The topological polar surface area (TPSA) is 108 Å². The van der Waals surface area contributed by atoms with Crippen molar-refractivity contribution in [2.24, 2.45) is 0 Å². The predicted molar refractivity (Wildman–Crippen MR) is 171 cm³/mol. The first-order chi connectivity index (χ1) is 22.0. The van der Waals surface area contributed by atoms with Crippen LogP contribution in [0.4, 0.5) is 35.0 Å². The standard InChI is InChI=1S/C34H31F3N6O3/c1-19(25-13-15-40-29-17-21(38-3)5-11-27(25)29)33(20(2)26-14-16-41-30-18-22(39-4)6-12-28(26)30)31(44)43(32(45)42-33)23-7-9-24(10-8-23)46-34(35,36)37/h5-20,38-39H,1-4H3,(H,42,45). The van der Waals surface area contributed by atoms with E-state index in [0.717, 1.165) is 50.3 Å². The molecular weight excluding hydrogens is 597 g/mol. The van der Waals surface area contributed by atoms with Crippen LogP contribution < -0.4 is 25.6 Å². The number of anilines is 3. The summed E-state index contributed by atoms with van der Waals surface area (Å²) in [4.78, 5) is 38.7. The van der Waals surface area contributed by atoms with Crippen molar-refractivity contribution < 1.29 is 27.5 Å². The first-order valence-corrected chi connectivity index (χ1v) is 14.6. The lowest BCUT2D eigenvalue weighted by Crippen LogP contribution is -2.55. The highest BCUT2D eigenvalue weighted by Crippen LogP contribution is 2.47. The third-order valence-corrected chi connectivity index (χ3v) is 8.83. The molecule has 2 atom stereocenters. The lowest BCUT2D eigenvalue weighted by atomic mass is 9.68. The van der Waals surface area contributed by atoms with Crippen molar-refractivity contribution in [2.45, 2.75) is 37.6 Å². The molecule has 3 N–H and O–H groups in total. The summed E-state index contributed by atoms with van der Waals surface area (Å²) in [6.45, 7) is 3.78. The molecule has 12 heteroatoms. The van der Waals surface area contributed by atoms with E-state index in [1.165, 1.54) is 12.1 Å². The number of halogens is 3. The summed E-state index contributed by atoms with van der Waals surface area (Å²) in [6.07, 6.45) is -1.54. The molecule has 1 aliphatic rings. The van der Waals surface area contributed by atoms with Crippen molar-refractivity contribution in [1.82, 2.24) is 15.3 Å². The van der Waals surface area contributed by atoms with Crippen molar-refractivity contribution in [3.63, 3.8) is 0 Å². The van der Waals surface area contributed by atoms with Crippen LogP contribution in [0.5, 0.6) is 5.75 Å². The van der Waals surface area contributed by atoms with E-state index < -0.39 is 41.4 Å². The molecule has 3 aromatic carbocycles. The first-order valence-electron chi connectivity index (χ1n) is 14.6. The molecule has 6 rings (SSSR count). The van der Waals surface area contributed by atoms with E-state index in [9.17, 15) is 22.8 Å². The Morgan fingerprint density at radius 3 is 1.74 bits per heavy atom. The van der Waals surface area contributed by atoms with Gasteiger partial charge in [0.25, 0.3) is 5.91 Å². The second-order valence-corrected chi connectivity index (χ2v) is 11.2. The number of imide groups is 1. The summed E-state index contributed by atoms with van der Waals surface area (Å²) in [7, 11) is 3.62. The molecule has 1 fully saturated rings. The van der Waals surface area contributed by atoms with Gasteiger partial charge in [-0.15, -0.1) is 13.2 Å². The van der Waals surface area contributed by atoms with Gasteiger partial charge in [-0.3, -0.25) is 14.8 Å². The first kappa shape index (κ1) is 30.6. The zero-order valence-corrected chi connectivity index (χ0v) is 25.4. The Morgan fingerprint density at radius 1 is 0.783 bits per heavy atom. The van der Waals surface area contributed by atoms with Crippen LogP contribution in [0.1, 0.15) is 36.8 Å². The summed E-state index contributed by atoms with van der Waals surface area (Å²) in [6, 6.07) is 19.1. The normalized spacial score (nSPS) is 18.0. The molecule has 1 saturated heterocycles. The number of rotatable bonds is 8. The molecule has 46 heavy (non-hydrogen) atoms. The number of hydrogen-bond donors (Lipinski definition) is 3. The van der Waals surface area contributed by atoms with Gasteiger partial charge in [-0.1, -0.05) is 26.0 Å². The van der Waals surface area contributed by atoms with Crippen molar-refractivity contribution in [3.05, 3.63) is 96.3 Å². The van der Waals surface area contributed by atoms with E-state index in [4.69, 9.17) is 0 Å². The number of nitrogens with zero attached hydrogens (tertiary/aromatic N) is 3. The highest BCUT2D eigenvalue weighted by molar-refractivity contribution is 6.24. The van der Waals surface area contributed by atoms with Crippen LogP contribution in [0.25, 0.3) is 21.8 Å². The fourth-order valence-corrected chi connectivity index (χ4v) is 6.45. The predicted octanol–water partition coefficient (Wildman–Crippen LogP) is 7.17. The average molecular weight is 629 g/mol. The zero-order chi connectivity index (χ0) is 32.8. The largest absolute Gasteiger partial charge is 0.573 e. The Hall–Kier alpha value is -5.39. The molecule has 9 nitrogen and oxygen atoms in total. The van der Waals surface area contributed by atoms with Crippen molar-refractivity contribution in [3.8, 4) is 5.75 Å². The van der Waals surface area contributed by atoms with E-state index in [0.29, 0.717) is 11.0 Å². The molecule has 0 saturated carbocycles. The van der Waals surface area contributed by atoms with Crippen molar-refractivity contribution >= 4 is 50.8 Å². The van der Waals surface area contributed by atoms with E-state index in [2.05, 4.69) is 30.7 Å². The lowest BCUT2D eigenvalue weighted by molar-refractivity contribution is -0.274. The molecule has 2 aromatic heterocycles. The summed E-state index contributed by atoms with van der Waals surface area (Å²) < 4.78 is 42.4. The number of fused-ring (bicyclic) bond motifs is 2. The Bertz CT molecular complexity index is 1870. The van der Waals surface area contributed by atoms with Gasteiger partial charge in [0.2, 0.25) is 0 Å². The summed E-state index contributed by atoms with van der Waals surface area (Å²) >= 11 is 0. The quantitative estimate of drug-likeness (QED) is 0.156. The monoisotopic (exact) mass is 628 g/mol. The van der Waals surface area contributed by atoms with Crippen LogP contribution in [-0.4, -0.2) is 47.9 Å². The molecule has 0 bridgehead atoms. The van der Waals surface area contributed by atoms with Gasteiger partial charge in [0.1, 0.15) is 11.3 Å². The minimum absolute atomic E-state index is 0.106.